The van der Waals surface area contributed by atoms with Crippen LogP contribution in [-0.4, -0.2) is 27.6 Å². The Morgan fingerprint density at radius 3 is 2.73 bits per heavy atom. The van der Waals surface area contributed by atoms with Crippen LogP contribution in [0.15, 0.2) is 0 Å². The second kappa shape index (κ2) is 5.42. The molecule has 0 aliphatic carbocycles. The molecule has 5 heteroatoms. The minimum atomic E-state index is 0.0901. The van der Waals surface area contributed by atoms with Gasteiger partial charge in [-0.1, -0.05) is 20.8 Å². The van der Waals surface area contributed by atoms with Crippen LogP contribution in [0.5, 0.6) is 0 Å². The fraction of sp³-hybridized carbons (Fsp3) is 0.800. The molecule has 2 N–H and O–H groups in total. The number of aliphatic hydroxyl groups is 1. The summed E-state index contributed by atoms with van der Waals surface area (Å²) in [4.78, 5) is 4.33. The van der Waals surface area contributed by atoms with Gasteiger partial charge < -0.3 is 10.4 Å². The van der Waals surface area contributed by atoms with Gasteiger partial charge in [-0.25, -0.2) is 4.98 Å². The smallest absolute Gasteiger partial charge is 0.202 e. The normalized spacial score (nSPS) is 11.7. The van der Waals surface area contributed by atoms with E-state index in [0.717, 1.165) is 30.3 Å². The van der Waals surface area contributed by atoms with E-state index >= 15 is 0 Å². The third-order valence-corrected chi connectivity index (χ3v) is 3.00. The Hall–Kier alpha value is -0.680. The summed E-state index contributed by atoms with van der Waals surface area (Å²) >= 11 is 1.40. The quantitative estimate of drug-likeness (QED) is 0.782. The first-order valence-electron chi connectivity index (χ1n) is 5.25. The van der Waals surface area contributed by atoms with Gasteiger partial charge in [-0.15, -0.1) is 0 Å². The molecule has 0 saturated carbocycles. The van der Waals surface area contributed by atoms with Gasteiger partial charge >= 0.3 is 0 Å². The fourth-order valence-corrected chi connectivity index (χ4v) is 1.82. The lowest BCUT2D eigenvalue weighted by molar-refractivity contribution is 0.220. The van der Waals surface area contributed by atoms with Crippen LogP contribution in [0.1, 0.15) is 33.0 Å². The molecule has 0 saturated heterocycles. The van der Waals surface area contributed by atoms with Crippen LogP contribution in [0.2, 0.25) is 0 Å². The second-order valence-electron chi connectivity index (χ2n) is 4.36. The summed E-state index contributed by atoms with van der Waals surface area (Å²) in [6.45, 7) is 7.33. The van der Waals surface area contributed by atoms with Crippen molar-refractivity contribution in [2.45, 2.75) is 33.6 Å². The summed E-state index contributed by atoms with van der Waals surface area (Å²) in [6.07, 6.45) is 1.66. The lowest BCUT2D eigenvalue weighted by Crippen LogP contribution is -2.24. The molecule has 0 aromatic carbocycles. The van der Waals surface area contributed by atoms with Crippen LogP contribution >= 0.6 is 11.5 Å². The predicted molar refractivity (Wildman–Crippen MR) is 63.3 cm³/mol. The van der Waals surface area contributed by atoms with Crippen molar-refractivity contribution in [3.05, 3.63) is 5.82 Å². The van der Waals surface area contributed by atoms with Crippen molar-refractivity contribution in [1.29, 1.82) is 0 Å². The Morgan fingerprint density at radius 2 is 2.20 bits per heavy atom. The number of hydrogen-bond donors (Lipinski definition) is 2. The van der Waals surface area contributed by atoms with Crippen LogP contribution in [0, 0.1) is 5.41 Å². The van der Waals surface area contributed by atoms with Crippen molar-refractivity contribution >= 4 is 16.7 Å². The van der Waals surface area contributed by atoms with Crippen molar-refractivity contribution in [3.8, 4) is 0 Å². The lowest BCUT2D eigenvalue weighted by atomic mass is 9.90. The molecule has 1 aromatic rings. The number of anilines is 1. The number of aliphatic hydroxyl groups excluding tert-OH is 1. The topological polar surface area (TPSA) is 58.0 Å². The highest BCUT2D eigenvalue weighted by molar-refractivity contribution is 7.09. The summed E-state index contributed by atoms with van der Waals surface area (Å²) in [7, 11) is 0. The van der Waals surface area contributed by atoms with Gasteiger partial charge in [0.1, 0.15) is 5.82 Å². The summed E-state index contributed by atoms with van der Waals surface area (Å²) in [5.41, 5.74) is 0.0901. The van der Waals surface area contributed by atoms with Crippen molar-refractivity contribution < 1.29 is 5.11 Å². The van der Waals surface area contributed by atoms with Crippen LogP contribution in [-0.2, 0) is 6.42 Å². The highest BCUT2D eigenvalue weighted by Crippen LogP contribution is 2.21. The van der Waals surface area contributed by atoms with E-state index in [0.29, 0.717) is 0 Å². The first-order valence-corrected chi connectivity index (χ1v) is 6.02. The van der Waals surface area contributed by atoms with Crippen molar-refractivity contribution in [3.63, 3.8) is 0 Å². The Kier molecular flexibility index (Phi) is 4.47. The van der Waals surface area contributed by atoms with E-state index in [2.05, 4.69) is 28.5 Å². The van der Waals surface area contributed by atoms with E-state index in [9.17, 15) is 0 Å². The van der Waals surface area contributed by atoms with Gasteiger partial charge in [0.15, 0.2) is 0 Å². The minimum Gasteiger partial charge on any atom is -0.396 e. The van der Waals surface area contributed by atoms with Gasteiger partial charge in [-0.2, -0.15) is 4.37 Å². The molecule has 86 valence electrons. The van der Waals surface area contributed by atoms with E-state index < -0.39 is 0 Å². The number of aromatic nitrogens is 2. The third-order valence-electron chi connectivity index (χ3n) is 2.29. The SMILES string of the molecule is CCc1nsc(NCC(C)(C)CCO)n1. The molecule has 1 heterocycles. The fourth-order valence-electron chi connectivity index (χ4n) is 1.18. The van der Waals surface area contributed by atoms with E-state index in [4.69, 9.17) is 5.11 Å². The number of nitrogens with zero attached hydrogens (tertiary/aromatic N) is 2. The molecule has 0 atom stereocenters. The molecule has 1 aromatic heterocycles. The monoisotopic (exact) mass is 229 g/mol. The van der Waals surface area contributed by atoms with Crippen LogP contribution in [0.4, 0.5) is 5.13 Å². The minimum absolute atomic E-state index is 0.0901. The predicted octanol–water partition coefficient (Wildman–Crippen LogP) is 1.92. The zero-order chi connectivity index (χ0) is 11.3. The molecule has 0 fully saturated rings. The summed E-state index contributed by atoms with van der Waals surface area (Å²) in [5.74, 6) is 0.891. The first-order chi connectivity index (χ1) is 7.07. The summed E-state index contributed by atoms with van der Waals surface area (Å²) in [5, 5.41) is 13.0. The molecule has 0 unspecified atom stereocenters. The largest absolute Gasteiger partial charge is 0.396 e. The van der Waals surface area contributed by atoms with Gasteiger partial charge in [-0.05, 0) is 11.8 Å². The van der Waals surface area contributed by atoms with Gasteiger partial charge in [0.05, 0.1) is 0 Å². The average molecular weight is 229 g/mol. The van der Waals surface area contributed by atoms with E-state index in [1.807, 2.05) is 6.92 Å². The molecular weight excluding hydrogens is 210 g/mol. The standard InChI is InChI=1S/C10H19N3OS/c1-4-8-12-9(15-13-8)11-7-10(2,3)5-6-14/h14H,4-7H2,1-3H3,(H,11,12,13). The van der Waals surface area contributed by atoms with Crippen molar-refractivity contribution in [1.82, 2.24) is 9.36 Å². The summed E-state index contributed by atoms with van der Waals surface area (Å²) < 4.78 is 4.20. The van der Waals surface area contributed by atoms with Crippen molar-refractivity contribution in [2.75, 3.05) is 18.5 Å². The highest BCUT2D eigenvalue weighted by atomic mass is 32.1. The molecule has 4 nitrogen and oxygen atoms in total. The molecule has 0 amide bonds. The van der Waals surface area contributed by atoms with Gasteiger partial charge in [0.25, 0.3) is 0 Å². The zero-order valence-electron chi connectivity index (χ0n) is 9.58. The second-order valence-corrected chi connectivity index (χ2v) is 5.11. The van der Waals surface area contributed by atoms with Gasteiger partial charge in [-0.3, -0.25) is 0 Å². The summed E-state index contributed by atoms with van der Waals surface area (Å²) in [6, 6.07) is 0. The maximum atomic E-state index is 8.89. The molecule has 0 aliphatic rings. The van der Waals surface area contributed by atoms with Crippen LogP contribution in [0.3, 0.4) is 0 Å². The molecule has 0 spiro atoms. The molecule has 0 aliphatic heterocycles. The van der Waals surface area contributed by atoms with Crippen LogP contribution < -0.4 is 5.32 Å². The van der Waals surface area contributed by atoms with E-state index in [-0.39, 0.29) is 12.0 Å². The Balaban J connectivity index is 2.42. The van der Waals surface area contributed by atoms with Gasteiger partial charge in [0.2, 0.25) is 5.13 Å². The number of nitrogens with one attached hydrogen (secondary N) is 1. The molecule has 1 rings (SSSR count). The molecule has 0 radical (unpaired) electrons. The number of rotatable bonds is 6. The number of hydrogen-bond acceptors (Lipinski definition) is 5. The highest BCUT2D eigenvalue weighted by Gasteiger charge is 2.17. The zero-order valence-corrected chi connectivity index (χ0v) is 10.4. The Morgan fingerprint density at radius 1 is 1.47 bits per heavy atom. The van der Waals surface area contributed by atoms with Crippen LogP contribution in [0.25, 0.3) is 0 Å². The van der Waals surface area contributed by atoms with E-state index in [1.165, 1.54) is 11.5 Å². The Labute approximate surface area is 94.9 Å². The number of aryl methyl sites for hydroxylation is 1. The average Bonchev–Trinajstić information content (AvgIpc) is 2.62. The first kappa shape index (κ1) is 12.4. The maximum absolute atomic E-state index is 8.89. The molecular formula is C10H19N3OS. The van der Waals surface area contributed by atoms with Crippen molar-refractivity contribution in [2.24, 2.45) is 5.41 Å². The lowest BCUT2D eigenvalue weighted by Gasteiger charge is -2.23. The maximum Gasteiger partial charge on any atom is 0.202 e. The Bertz CT molecular complexity index is 299. The van der Waals surface area contributed by atoms with E-state index in [1.54, 1.807) is 0 Å². The molecule has 0 bridgehead atoms. The molecule has 15 heavy (non-hydrogen) atoms. The van der Waals surface area contributed by atoms with Gasteiger partial charge in [0, 0.05) is 31.1 Å². The third kappa shape index (κ3) is 4.13.